The zero-order chi connectivity index (χ0) is 23.5. The van der Waals surface area contributed by atoms with E-state index in [1.807, 2.05) is 30.3 Å². The van der Waals surface area contributed by atoms with Gasteiger partial charge in [0.25, 0.3) is 5.91 Å². The van der Waals surface area contributed by atoms with E-state index in [1.54, 1.807) is 36.5 Å². The smallest absolute Gasteiger partial charge is 0.270 e. The van der Waals surface area contributed by atoms with Crippen LogP contribution in [-0.4, -0.2) is 32.6 Å². The van der Waals surface area contributed by atoms with Crippen molar-refractivity contribution in [3.05, 3.63) is 84.4 Å². The summed E-state index contributed by atoms with van der Waals surface area (Å²) in [5.74, 6) is -0.476. The van der Waals surface area contributed by atoms with Gasteiger partial charge >= 0.3 is 0 Å². The van der Waals surface area contributed by atoms with Crippen LogP contribution in [0.3, 0.4) is 0 Å². The molecule has 4 aromatic rings. The average Bonchev–Trinajstić information content (AvgIpc) is 3.32. The molecule has 0 bridgehead atoms. The van der Waals surface area contributed by atoms with Gasteiger partial charge in [-0.1, -0.05) is 36.4 Å². The van der Waals surface area contributed by atoms with Gasteiger partial charge in [0.2, 0.25) is 5.91 Å². The zero-order valence-electron chi connectivity index (χ0n) is 18.4. The Kier molecular flexibility index (Phi) is 6.03. The summed E-state index contributed by atoms with van der Waals surface area (Å²) in [6, 6.07) is 19.3. The molecule has 34 heavy (non-hydrogen) atoms. The standard InChI is InChI=1S/C26H24FN5O2/c27-20-6-2-4-8-23(20)32-16-15-24(31-32)30-25(33)18-9-12-19(13-10-18)28-26(34)22-14-11-17-5-1-3-7-21(17)29-22/h1-8,11,14-16,18-19H,9-10,12-13H2,(H,28,34)(H,30,31,33). The van der Waals surface area contributed by atoms with Gasteiger partial charge in [0, 0.05) is 29.6 Å². The molecule has 0 spiro atoms. The Labute approximate surface area is 196 Å². The number of hydrogen-bond acceptors (Lipinski definition) is 4. The number of carbonyl (C=O) groups excluding carboxylic acids is 2. The van der Waals surface area contributed by atoms with E-state index in [4.69, 9.17) is 0 Å². The predicted octanol–water partition coefficient (Wildman–Crippen LogP) is 4.49. The van der Waals surface area contributed by atoms with Gasteiger partial charge in [0.05, 0.1) is 5.52 Å². The summed E-state index contributed by atoms with van der Waals surface area (Å²) in [6.45, 7) is 0. The van der Waals surface area contributed by atoms with E-state index >= 15 is 0 Å². The molecule has 0 unspecified atom stereocenters. The van der Waals surface area contributed by atoms with Crippen molar-refractivity contribution < 1.29 is 14.0 Å². The molecule has 0 saturated heterocycles. The Morgan fingerprint density at radius 3 is 2.50 bits per heavy atom. The Morgan fingerprint density at radius 2 is 1.68 bits per heavy atom. The van der Waals surface area contributed by atoms with Crippen LogP contribution in [0.15, 0.2) is 72.9 Å². The first-order valence-corrected chi connectivity index (χ1v) is 11.3. The van der Waals surface area contributed by atoms with Crippen molar-refractivity contribution >= 4 is 28.5 Å². The maximum Gasteiger partial charge on any atom is 0.270 e. The Hall–Kier alpha value is -4.07. The van der Waals surface area contributed by atoms with Crippen molar-refractivity contribution in [2.45, 2.75) is 31.7 Å². The lowest BCUT2D eigenvalue weighted by Gasteiger charge is -2.28. The van der Waals surface area contributed by atoms with Crippen molar-refractivity contribution in [1.82, 2.24) is 20.1 Å². The van der Waals surface area contributed by atoms with Gasteiger partial charge < -0.3 is 10.6 Å². The SMILES string of the molecule is O=C(NC1CCC(C(=O)Nc2ccn(-c3ccccc3F)n2)CC1)c1ccc2ccccc2n1. The molecular weight excluding hydrogens is 433 g/mol. The van der Waals surface area contributed by atoms with E-state index in [1.165, 1.54) is 10.7 Å². The molecule has 1 fully saturated rings. The first-order valence-electron chi connectivity index (χ1n) is 11.3. The van der Waals surface area contributed by atoms with Gasteiger partial charge in [0.1, 0.15) is 17.2 Å². The van der Waals surface area contributed by atoms with E-state index in [2.05, 4.69) is 20.7 Å². The van der Waals surface area contributed by atoms with Crippen LogP contribution in [0, 0.1) is 11.7 Å². The molecule has 8 heteroatoms. The van der Waals surface area contributed by atoms with E-state index < -0.39 is 0 Å². The number of para-hydroxylation sites is 2. The van der Waals surface area contributed by atoms with Crippen LogP contribution in [0.5, 0.6) is 0 Å². The summed E-state index contributed by atoms with van der Waals surface area (Å²) < 4.78 is 15.4. The third-order valence-corrected chi connectivity index (χ3v) is 6.20. The second-order valence-corrected chi connectivity index (χ2v) is 8.50. The average molecular weight is 458 g/mol. The highest BCUT2D eigenvalue weighted by molar-refractivity contribution is 5.95. The second-order valence-electron chi connectivity index (χ2n) is 8.50. The molecule has 2 heterocycles. The fourth-order valence-electron chi connectivity index (χ4n) is 4.34. The minimum absolute atomic E-state index is 0.00471. The van der Waals surface area contributed by atoms with Gasteiger partial charge in [-0.2, -0.15) is 0 Å². The summed E-state index contributed by atoms with van der Waals surface area (Å²) in [6.07, 6.45) is 4.36. The highest BCUT2D eigenvalue weighted by Crippen LogP contribution is 2.26. The van der Waals surface area contributed by atoms with Gasteiger partial charge in [-0.15, -0.1) is 5.10 Å². The number of aromatic nitrogens is 3. The number of amides is 2. The Bertz CT molecular complexity index is 1340. The molecule has 1 aliphatic carbocycles. The number of benzene rings is 2. The summed E-state index contributed by atoms with van der Waals surface area (Å²) in [5, 5.41) is 11.1. The van der Waals surface area contributed by atoms with Crippen LogP contribution < -0.4 is 10.6 Å². The fourth-order valence-corrected chi connectivity index (χ4v) is 4.34. The number of anilines is 1. The molecular formula is C26H24FN5O2. The molecule has 0 aliphatic heterocycles. The van der Waals surface area contributed by atoms with Crippen LogP contribution in [0.4, 0.5) is 10.2 Å². The number of nitrogens with one attached hydrogen (secondary N) is 2. The molecule has 172 valence electrons. The van der Waals surface area contributed by atoms with Crippen LogP contribution in [0.2, 0.25) is 0 Å². The number of nitrogens with zero attached hydrogens (tertiary/aromatic N) is 3. The lowest BCUT2D eigenvalue weighted by atomic mass is 9.85. The summed E-state index contributed by atoms with van der Waals surface area (Å²) in [5.41, 5.74) is 1.50. The van der Waals surface area contributed by atoms with Crippen molar-refractivity contribution in [3.63, 3.8) is 0 Å². The number of rotatable bonds is 5. The number of fused-ring (bicyclic) bond motifs is 1. The quantitative estimate of drug-likeness (QED) is 0.462. The lowest BCUT2D eigenvalue weighted by Crippen LogP contribution is -2.39. The van der Waals surface area contributed by atoms with E-state index in [9.17, 15) is 14.0 Å². The minimum Gasteiger partial charge on any atom is -0.348 e. The third kappa shape index (κ3) is 4.66. The molecule has 1 saturated carbocycles. The molecule has 2 amide bonds. The number of halogens is 1. The van der Waals surface area contributed by atoms with Crippen molar-refractivity contribution in [1.29, 1.82) is 0 Å². The summed E-state index contributed by atoms with van der Waals surface area (Å²) in [7, 11) is 0. The van der Waals surface area contributed by atoms with Gasteiger partial charge in [-0.3, -0.25) is 9.59 Å². The summed E-state index contributed by atoms with van der Waals surface area (Å²) >= 11 is 0. The summed E-state index contributed by atoms with van der Waals surface area (Å²) in [4.78, 5) is 29.8. The topological polar surface area (TPSA) is 88.9 Å². The van der Waals surface area contributed by atoms with E-state index in [0.29, 0.717) is 42.9 Å². The highest BCUT2D eigenvalue weighted by Gasteiger charge is 2.28. The minimum atomic E-state index is -0.386. The molecule has 1 aliphatic rings. The second kappa shape index (κ2) is 9.43. The predicted molar refractivity (Wildman–Crippen MR) is 127 cm³/mol. The molecule has 2 aromatic carbocycles. The number of carbonyl (C=O) groups is 2. The fraction of sp³-hybridized carbons (Fsp3) is 0.231. The van der Waals surface area contributed by atoms with Crippen molar-refractivity contribution in [2.75, 3.05) is 5.32 Å². The highest BCUT2D eigenvalue weighted by atomic mass is 19.1. The normalized spacial score (nSPS) is 17.9. The largest absolute Gasteiger partial charge is 0.348 e. The molecule has 5 rings (SSSR count). The van der Waals surface area contributed by atoms with Crippen molar-refractivity contribution in [3.8, 4) is 5.69 Å². The molecule has 2 N–H and O–H groups in total. The van der Waals surface area contributed by atoms with Crippen LogP contribution in [0.1, 0.15) is 36.2 Å². The van der Waals surface area contributed by atoms with E-state index in [-0.39, 0.29) is 29.6 Å². The monoisotopic (exact) mass is 457 g/mol. The first-order chi connectivity index (χ1) is 16.6. The van der Waals surface area contributed by atoms with Crippen LogP contribution in [-0.2, 0) is 4.79 Å². The lowest BCUT2D eigenvalue weighted by molar-refractivity contribution is -0.120. The maximum atomic E-state index is 14.0. The number of hydrogen-bond donors (Lipinski definition) is 2. The van der Waals surface area contributed by atoms with Crippen LogP contribution in [0.25, 0.3) is 16.6 Å². The third-order valence-electron chi connectivity index (χ3n) is 6.20. The Balaban J connectivity index is 1.14. The zero-order valence-corrected chi connectivity index (χ0v) is 18.4. The van der Waals surface area contributed by atoms with Gasteiger partial charge in [0.15, 0.2) is 5.82 Å². The number of pyridine rings is 1. The first kappa shape index (κ1) is 21.8. The van der Waals surface area contributed by atoms with Gasteiger partial charge in [-0.25, -0.2) is 14.1 Å². The Morgan fingerprint density at radius 1 is 0.912 bits per heavy atom. The maximum absolute atomic E-state index is 14.0. The van der Waals surface area contributed by atoms with E-state index in [0.717, 1.165) is 10.9 Å². The molecule has 2 aromatic heterocycles. The molecule has 7 nitrogen and oxygen atoms in total. The molecule has 0 radical (unpaired) electrons. The van der Waals surface area contributed by atoms with Crippen LogP contribution >= 0.6 is 0 Å². The molecule has 0 atom stereocenters. The van der Waals surface area contributed by atoms with Gasteiger partial charge in [-0.05, 0) is 49.9 Å². The van der Waals surface area contributed by atoms with Crippen molar-refractivity contribution in [2.24, 2.45) is 5.92 Å².